The number of hydrogen-bond donors (Lipinski definition) is 1. The van der Waals surface area contributed by atoms with Gasteiger partial charge in [-0.15, -0.1) is 0 Å². The van der Waals surface area contributed by atoms with Crippen LogP contribution in [0.1, 0.15) is 18.1 Å². The SMILES string of the molecule is COc1ccc(-c2ncc(CN(Cc3ccc4c(c3)OCO4)CC(C)O)cn2)cc1. The molecule has 0 radical (unpaired) electrons. The van der Waals surface area contributed by atoms with Crippen molar-refractivity contribution in [2.75, 3.05) is 20.4 Å². The van der Waals surface area contributed by atoms with E-state index in [2.05, 4.69) is 14.9 Å². The first kappa shape index (κ1) is 20.1. The van der Waals surface area contributed by atoms with Crippen molar-refractivity contribution in [2.24, 2.45) is 0 Å². The molecule has 0 saturated carbocycles. The first-order valence-electron chi connectivity index (χ1n) is 9.85. The summed E-state index contributed by atoms with van der Waals surface area (Å²) in [6.45, 7) is 3.88. The quantitative estimate of drug-likeness (QED) is 0.614. The van der Waals surface area contributed by atoms with Crippen LogP contribution in [0.4, 0.5) is 0 Å². The molecule has 7 nitrogen and oxygen atoms in total. The molecule has 0 amide bonds. The minimum atomic E-state index is -0.446. The van der Waals surface area contributed by atoms with Crippen molar-refractivity contribution in [2.45, 2.75) is 26.1 Å². The van der Waals surface area contributed by atoms with Crippen LogP contribution in [0.5, 0.6) is 17.2 Å². The van der Waals surface area contributed by atoms with Crippen LogP contribution in [-0.2, 0) is 13.1 Å². The molecule has 0 aliphatic carbocycles. The number of aliphatic hydroxyl groups excluding tert-OH is 1. The number of fused-ring (bicyclic) bond motifs is 1. The molecule has 1 atom stereocenters. The minimum Gasteiger partial charge on any atom is -0.497 e. The Bertz CT molecular complexity index is 975. The van der Waals surface area contributed by atoms with Crippen LogP contribution < -0.4 is 14.2 Å². The third kappa shape index (κ3) is 4.87. The number of aromatic nitrogens is 2. The van der Waals surface area contributed by atoms with Gasteiger partial charge in [-0.05, 0) is 48.9 Å². The fourth-order valence-electron chi connectivity index (χ4n) is 3.44. The van der Waals surface area contributed by atoms with E-state index in [4.69, 9.17) is 14.2 Å². The maximum Gasteiger partial charge on any atom is 0.231 e. The predicted octanol–water partition coefficient (Wildman–Crippen LogP) is 3.26. The Balaban J connectivity index is 1.45. The molecule has 1 N–H and O–H groups in total. The molecule has 1 aliphatic rings. The molecule has 0 spiro atoms. The second-order valence-electron chi connectivity index (χ2n) is 7.35. The summed E-state index contributed by atoms with van der Waals surface area (Å²) in [5.41, 5.74) is 3.01. The zero-order valence-electron chi connectivity index (χ0n) is 17.1. The Morgan fingerprint density at radius 2 is 1.70 bits per heavy atom. The maximum atomic E-state index is 9.94. The van der Waals surface area contributed by atoms with Crippen molar-refractivity contribution < 1.29 is 19.3 Å². The van der Waals surface area contributed by atoms with E-state index in [9.17, 15) is 5.11 Å². The van der Waals surface area contributed by atoms with Crippen LogP contribution >= 0.6 is 0 Å². The van der Waals surface area contributed by atoms with Crippen LogP contribution in [0.2, 0.25) is 0 Å². The van der Waals surface area contributed by atoms with Gasteiger partial charge in [-0.1, -0.05) is 6.07 Å². The summed E-state index contributed by atoms with van der Waals surface area (Å²) >= 11 is 0. The normalized spacial score (nSPS) is 13.5. The zero-order chi connectivity index (χ0) is 20.9. The summed E-state index contributed by atoms with van der Waals surface area (Å²) in [7, 11) is 1.64. The molecule has 3 aromatic rings. The number of nitrogens with zero attached hydrogens (tertiary/aromatic N) is 3. The lowest BCUT2D eigenvalue weighted by Crippen LogP contribution is -2.30. The van der Waals surface area contributed by atoms with Crippen LogP contribution in [0, 0.1) is 0 Å². The molecule has 1 unspecified atom stereocenters. The highest BCUT2D eigenvalue weighted by Gasteiger charge is 2.16. The van der Waals surface area contributed by atoms with Gasteiger partial charge in [0, 0.05) is 43.2 Å². The van der Waals surface area contributed by atoms with Crippen molar-refractivity contribution in [3.05, 3.63) is 66.0 Å². The van der Waals surface area contributed by atoms with Gasteiger partial charge in [-0.3, -0.25) is 4.90 Å². The van der Waals surface area contributed by atoms with Gasteiger partial charge < -0.3 is 19.3 Å². The summed E-state index contributed by atoms with van der Waals surface area (Å²) in [5, 5.41) is 9.94. The summed E-state index contributed by atoms with van der Waals surface area (Å²) in [4.78, 5) is 11.2. The second kappa shape index (κ2) is 9.11. The van der Waals surface area contributed by atoms with E-state index >= 15 is 0 Å². The number of aliphatic hydroxyl groups is 1. The highest BCUT2D eigenvalue weighted by molar-refractivity contribution is 5.55. The highest BCUT2D eigenvalue weighted by atomic mass is 16.7. The van der Waals surface area contributed by atoms with Gasteiger partial charge in [-0.2, -0.15) is 0 Å². The Morgan fingerprint density at radius 1 is 1.00 bits per heavy atom. The fourth-order valence-corrected chi connectivity index (χ4v) is 3.44. The molecular formula is C23H25N3O4. The van der Waals surface area contributed by atoms with E-state index in [0.717, 1.165) is 33.9 Å². The summed E-state index contributed by atoms with van der Waals surface area (Å²) in [6, 6.07) is 13.6. The van der Waals surface area contributed by atoms with Crippen molar-refractivity contribution >= 4 is 0 Å². The topological polar surface area (TPSA) is 76.9 Å². The van der Waals surface area contributed by atoms with E-state index in [0.29, 0.717) is 25.5 Å². The molecule has 1 aromatic heterocycles. The smallest absolute Gasteiger partial charge is 0.231 e. The van der Waals surface area contributed by atoms with Crippen molar-refractivity contribution in [1.29, 1.82) is 0 Å². The average molecular weight is 407 g/mol. The third-order valence-corrected chi connectivity index (χ3v) is 4.83. The van der Waals surface area contributed by atoms with Gasteiger partial charge in [0.05, 0.1) is 13.2 Å². The molecule has 0 saturated heterocycles. The monoisotopic (exact) mass is 407 g/mol. The van der Waals surface area contributed by atoms with Gasteiger partial charge >= 0.3 is 0 Å². The van der Waals surface area contributed by atoms with Crippen molar-refractivity contribution in [3.8, 4) is 28.6 Å². The number of rotatable bonds is 8. The Morgan fingerprint density at radius 3 is 2.40 bits per heavy atom. The Hall–Kier alpha value is -3.16. The molecular weight excluding hydrogens is 382 g/mol. The number of hydrogen-bond acceptors (Lipinski definition) is 7. The minimum absolute atomic E-state index is 0.258. The molecule has 4 rings (SSSR count). The van der Waals surface area contributed by atoms with Crippen molar-refractivity contribution in [3.63, 3.8) is 0 Å². The summed E-state index contributed by atoms with van der Waals surface area (Å²) in [6.07, 6.45) is 3.22. The molecule has 2 aromatic carbocycles. The molecule has 156 valence electrons. The lowest BCUT2D eigenvalue weighted by Gasteiger charge is -2.24. The largest absolute Gasteiger partial charge is 0.497 e. The average Bonchev–Trinajstić information content (AvgIpc) is 3.22. The predicted molar refractivity (Wildman–Crippen MR) is 112 cm³/mol. The van der Waals surface area contributed by atoms with Crippen LogP contribution in [-0.4, -0.2) is 46.5 Å². The van der Waals surface area contributed by atoms with Crippen LogP contribution in [0.25, 0.3) is 11.4 Å². The Kier molecular flexibility index (Phi) is 6.11. The third-order valence-electron chi connectivity index (χ3n) is 4.83. The fraction of sp³-hybridized carbons (Fsp3) is 0.304. The highest BCUT2D eigenvalue weighted by Crippen LogP contribution is 2.33. The lowest BCUT2D eigenvalue weighted by atomic mass is 10.1. The molecule has 30 heavy (non-hydrogen) atoms. The first-order valence-corrected chi connectivity index (χ1v) is 9.85. The second-order valence-corrected chi connectivity index (χ2v) is 7.35. The van der Waals surface area contributed by atoms with Gasteiger partial charge in [0.25, 0.3) is 0 Å². The van der Waals surface area contributed by atoms with Gasteiger partial charge in [-0.25, -0.2) is 9.97 Å². The molecule has 0 bridgehead atoms. The number of benzene rings is 2. The van der Waals surface area contributed by atoms with E-state index in [1.165, 1.54) is 0 Å². The molecule has 1 aliphatic heterocycles. The number of methoxy groups -OCH3 is 1. The van der Waals surface area contributed by atoms with E-state index in [1.54, 1.807) is 14.0 Å². The van der Waals surface area contributed by atoms with Gasteiger partial charge in [0.1, 0.15) is 5.75 Å². The van der Waals surface area contributed by atoms with Crippen LogP contribution in [0.3, 0.4) is 0 Å². The molecule has 7 heteroatoms. The molecule has 2 heterocycles. The molecule has 0 fully saturated rings. The first-order chi connectivity index (χ1) is 14.6. The van der Waals surface area contributed by atoms with E-state index in [-0.39, 0.29) is 6.79 Å². The summed E-state index contributed by atoms with van der Waals surface area (Å²) < 4.78 is 16.0. The lowest BCUT2D eigenvalue weighted by molar-refractivity contribution is 0.118. The summed E-state index contributed by atoms with van der Waals surface area (Å²) in [5.74, 6) is 2.99. The Labute approximate surface area is 175 Å². The van der Waals surface area contributed by atoms with E-state index in [1.807, 2.05) is 54.9 Å². The van der Waals surface area contributed by atoms with E-state index < -0.39 is 6.10 Å². The van der Waals surface area contributed by atoms with Gasteiger partial charge in [0.2, 0.25) is 6.79 Å². The zero-order valence-corrected chi connectivity index (χ0v) is 17.1. The maximum absolute atomic E-state index is 9.94. The van der Waals surface area contributed by atoms with Crippen molar-refractivity contribution in [1.82, 2.24) is 14.9 Å². The van der Waals surface area contributed by atoms with Crippen LogP contribution in [0.15, 0.2) is 54.9 Å². The number of ether oxygens (including phenoxy) is 3. The van der Waals surface area contributed by atoms with Gasteiger partial charge in [0.15, 0.2) is 17.3 Å². The standard InChI is InChI=1S/C23H25N3O4/c1-16(27)12-26(13-17-3-8-21-22(9-17)30-15-29-21)14-18-10-24-23(25-11-18)19-4-6-20(28-2)7-5-19/h3-11,16,27H,12-15H2,1-2H3.